The Kier molecular flexibility index (Phi) is 9.53. The summed E-state index contributed by atoms with van der Waals surface area (Å²) in [6.45, 7) is 8.85. The van der Waals surface area contributed by atoms with E-state index in [4.69, 9.17) is 11.6 Å². The average Bonchev–Trinajstić information content (AvgIpc) is 2.74. The summed E-state index contributed by atoms with van der Waals surface area (Å²) < 4.78 is 26.6. The lowest BCUT2D eigenvalue weighted by Gasteiger charge is -2.33. The molecule has 0 aliphatic rings. The molecule has 0 aliphatic carbocycles. The van der Waals surface area contributed by atoms with E-state index >= 15 is 0 Å². The fraction of sp³-hybridized carbons (Fsp3) is 0.440. The van der Waals surface area contributed by atoms with E-state index in [-0.39, 0.29) is 18.5 Å². The molecule has 0 spiro atoms. The summed E-state index contributed by atoms with van der Waals surface area (Å²) in [5.74, 6) is -0.785. The highest BCUT2D eigenvalue weighted by Crippen LogP contribution is 2.26. The molecule has 9 heteroatoms. The molecule has 0 radical (unpaired) electrons. The number of halogens is 1. The molecule has 0 aliphatic heterocycles. The Morgan fingerprint density at radius 2 is 1.71 bits per heavy atom. The van der Waals surface area contributed by atoms with Crippen LogP contribution in [-0.4, -0.2) is 50.0 Å². The number of benzene rings is 2. The van der Waals surface area contributed by atoms with E-state index < -0.39 is 28.5 Å². The number of anilines is 1. The van der Waals surface area contributed by atoms with Crippen molar-refractivity contribution in [3.63, 3.8) is 0 Å². The number of nitrogens with zero attached hydrogens (tertiary/aromatic N) is 2. The zero-order valence-electron chi connectivity index (χ0n) is 20.6. The van der Waals surface area contributed by atoms with Crippen molar-refractivity contribution in [2.45, 2.75) is 59.7 Å². The van der Waals surface area contributed by atoms with Crippen LogP contribution in [0.4, 0.5) is 5.69 Å². The van der Waals surface area contributed by atoms with Crippen LogP contribution in [0.1, 0.15) is 43.9 Å². The van der Waals surface area contributed by atoms with Crippen LogP contribution in [0.2, 0.25) is 5.02 Å². The monoisotopic (exact) mass is 507 g/mol. The van der Waals surface area contributed by atoms with Gasteiger partial charge in [0.1, 0.15) is 12.6 Å². The largest absolute Gasteiger partial charge is 0.352 e. The number of amides is 2. The van der Waals surface area contributed by atoms with Gasteiger partial charge in [-0.3, -0.25) is 13.9 Å². The Morgan fingerprint density at radius 1 is 1.06 bits per heavy atom. The first-order valence-corrected chi connectivity index (χ1v) is 13.5. The maximum atomic E-state index is 13.7. The van der Waals surface area contributed by atoms with Crippen molar-refractivity contribution < 1.29 is 18.0 Å². The molecule has 0 fully saturated rings. The minimum atomic E-state index is -3.78. The molecule has 2 aromatic carbocycles. The second-order valence-electron chi connectivity index (χ2n) is 8.69. The molecule has 34 heavy (non-hydrogen) atoms. The minimum Gasteiger partial charge on any atom is -0.352 e. The van der Waals surface area contributed by atoms with Crippen LogP contribution in [-0.2, 0) is 26.2 Å². The van der Waals surface area contributed by atoms with Crippen LogP contribution < -0.4 is 9.62 Å². The molecule has 7 nitrogen and oxygen atoms in total. The van der Waals surface area contributed by atoms with Crippen molar-refractivity contribution in [1.29, 1.82) is 0 Å². The van der Waals surface area contributed by atoms with Crippen LogP contribution in [0.25, 0.3) is 0 Å². The number of hydrogen-bond donors (Lipinski definition) is 1. The summed E-state index contributed by atoms with van der Waals surface area (Å²) in [6, 6.07) is 11.5. The Hall–Kier alpha value is -2.58. The van der Waals surface area contributed by atoms with Crippen LogP contribution in [0.3, 0.4) is 0 Å². The summed E-state index contributed by atoms with van der Waals surface area (Å²) in [7, 11) is -3.78. The number of hydrogen-bond acceptors (Lipinski definition) is 4. The fourth-order valence-corrected chi connectivity index (χ4v) is 4.81. The summed E-state index contributed by atoms with van der Waals surface area (Å²) in [6.07, 6.45) is 1.43. The molecule has 2 rings (SSSR count). The van der Waals surface area contributed by atoms with Crippen LogP contribution in [0.5, 0.6) is 0 Å². The molecule has 1 atom stereocenters. The normalized spacial score (nSPS) is 12.4. The van der Waals surface area contributed by atoms with E-state index in [9.17, 15) is 18.0 Å². The molecular weight excluding hydrogens is 474 g/mol. The van der Waals surface area contributed by atoms with E-state index in [0.29, 0.717) is 22.7 Å². The van der Waals surface area contributed by atoms with Crippen LogP contribution in [0.15, 0.2) is 42.5 Å². The summed E-state index contributed by atoms with van der Waals surface area (Å²) in [4.78, 5) is 28.1. The van der Waals surface area contributed by atoms with Crippen molar-refractivity contribution in [2.24, 2.45) is 0 Å². The predicted molar refractivity (Wildman–Crippen MR) is 137 cm³/mol. The van der Waals surface area contributed by atoms with Crippen LogP contribution >= 0.6 is 11.6 Å². The van der Waals surface area contributed by atoms with Crippen LogP contribution in [0, 0.1) is 13.8 Å². The SMILES string of the molecule is CC[C@H](C(=O)NC(C)C)N(Cc1ccccc1Cl)C(=O)CN(c1cccc(C)c1C)S(C)(=O)=O. The molecule has 2 aromatic rings. The van der Waals surface area contributed by atoms with E-state index in [1.54, 1.807) is 36.4 Å². The number of aryl methyl sites for hydroxylation is 1. The van der Waals surface area contributed by atoms with Gasteiger partial charge in [0.05, 0.1) is 11.9 Å². The van der Waals surface area contributed by atoms with Gasteiger partial charge in [-0.25, -0.2) is 8.42 Å². The highest BCUT2D eigenvalue weighted by Gasteiger charge is 2.32. The molecule has 0 saturated heterocycles. The topological polar surface area (TPSA) is 86.8 Å². The van der Waals surface area contributed by atoms with Gasteiger partial charge in [-0.2, -0.15) is 0 Å². The molecule has 0 saturated carbocycles. The third kappa shape index (κ3) is 6.96. The van der Waals surface area contributed by atoms with E-state index in [0.717, 1.165) is 21.7 Å². The van der Waals surface area contributed by atoms with Gasteiger partial charge in [-0.15, -0.1) is 0 Å². The Balaban J connectivity index is 2.50. The molecule has 0 heterocycles. The van der Waals surface area contributed by atoms with Gasteiger partial charge in [0.2, 0.25) is 21.8 Å². The number of nitrogens with one attached hydrogen (secondary N) is 1. The minimum absolute atomic E-state index is 0.0763. The number of sulfonamides is 1. The van der Waals surface area contributed by atoms with Gasteiger partial charge >= 0.3 is 0 Å². The Morgan fingerprint density at radius 3 is 2.26 bits per heavy atom. The van der Waals surface area contributed by atoms with Gasteiger partial charge in [0.15, 0.2) is 0 Å². The highest BCUT2D eigenvalue weighted by atomic mass is 35.5. The number of rotatable bonds is 10. The highest BCUT2D eigenvalue weighted by molar-refractivity contribution is 7.92. The van der Waals surface area contributed by atoms with E-state index in [2.05, 4.69) is 5.32 Å². The standard InChI is InChI=1S/C25H34ClN3O4S/c1-7-22(25(31)27-17(2)3)28(15-20-12-8-9-13-21(20)26)24(30)16-29(34(6,32)33)23-14-10-11-18(4)19(23)5/h8-14,17,22H,7,15-16H2,1-6H3,(H,27,31)/t22-/m1/s1. The maximum absolute atomic E-state index is 13.7. The first-order valence-electron chi connectivity index (χ1n) is 11.2. The van der Waals surface area contributed by atoms with Crippen molar-refractivity contribution >= 4 is 39.1 Å². The first-order chi connectivity index (χ1) is 15.9. The van der Waals surface area contributed by atoms with Crippen molar-refractivity contribution in [2.75, 3.05) is 17.1 Å². The van der Waals surface area contributed by atoms with Gasteiger partial charge in [-0.1, -0.05) is 48.9 Å². The molecule has 0 aromatic heterocycles. The Labute approximate surface area is 208 Å². The van der Waals surface area contributed by atoms with Crippen molar-refractivity contribution in [1.82, 2.24) is 10.2 Å². The van der Waals surface area contributed by atoms with Gasteiger partial charge in [0.25, 0.3) is 0 Å². The molecule has 0 bridgehead atoms. The zero-order chi connectivity index (χ0) is 25.6. The third-order valence-electron chi connectivity index (χ3n) is 5.64. The van der Waals surface area contributed by atoms with Crippen molar-refractivity contribution in [3.05, 3.63) is 64.2 Å². The number of carbonyl (C=O) groups is 2. The zero-order valence-corrected chi connectivity index (χ0v) is 22.2. The number of carbonyl (C=O) groups excluding carboxylic acids is 2. The van der Waals surface area contributed by atoms with E-state index in [1.165, 1.54) is 4.90 Å². The Bertz CT molecular complexity index is 1130. The quantitative estimate of drug-likeness (QED) is 0.525. The fourth-order valence-electron chi connectivity index (χ4n) is 3.71. The molecule has 1 N–H and O–H groups in total. The molecular formula is C25H34ClN3O4S. The first kappa shape index (κ1) is 27.7. The average molecular weight is 508 g/mol. The van der Waals surface area contributed by atoms with Gasteiger partial charge in [-0.05, 0) is 62.9 Å². The maximum Gasteiger partial charge on any atom is 0.244 e. The van der Waals surface area contributed by atoms with Gasteiger partial charge in [0, 0.05) is 17.6 Å². The lowest BCUT2D eigenvalue weighted by molar-refractivity contribution is -0.140. The lowest BCUT2D eigenvalue weighted by Crippen LogP contribution is -2.53. The van der Waals surface area contributed by atoms with Gasteiger partial charge < -0.3 is 10.2 Å². The summed E-state index contributed by atoms with van der Waals surface area (Å²) in [5, 5.41) is 3.33. The molecule has 0 unspecified atom stereocenters. The molecule has 186 valence electrons. The third-order valence-corrected chi connectivity index (χ3v) is 7.13. The lowest BCUT2D eigenvalue weighted by atomic mass is 10.1. The molecule has 2 amide bonds. The second-order valence-corrected chi connectivity index (χ2v) is 11.0. The smallest absolute Gasteiger partial charge is 0.244 e. The second kappa shape index (κ2) is 11.7. The van der Waals surface area contributed by atoms with Crippen molar-refractivity contribution in [3.8, 4) is 0 Å². The van der Waals surface area contributed by atoms with E-state index in [1.807, 2.05) is 40.7 Å². The summed E-state index contributed by atoms with van der Waals surface area (Å²) in [5.41, 5.74) is 2.79. The predicted octanol–water partition coefficient (Wildman–Crippen LogP) is 4.05. The summed E-state index contributed by atoms with van der Waals surface area (Å²) >= 11 is 6.35.